The van der Waals surface area contributed by atoms with Crippen LogP contribution in [0.1, 0.15) is 21.5 Å². The summed E-state index contributed by atoms with van der Waals surface area (Å²) in [5.74, 6) is 0.386. The first-order valence-corrected chi connectivity index (χ1v) is 9.05. The molecule has 1 N–H and O–H groups in total. The van der Waals surface area contributed by atoms with Gasteiger partial charge in [0, 0.05) is 6.20 Å². The fraction of sp³-hybridized carbons (Fsp3) is 0.136. The molecule has 0 unspecified atom stereocenters. The number of hydrogen-bond acceptors (Lipinski definition) is 5. The molecular weight excluding hydrogens is 371 g/mol. The zero-order valence-corrected chi connectivity index (χ0v) is 16.0. The van der Waals surface area contributed by atoms with E-state index in [1.807, 2.05) is 31.2 Å². The minimum Gasteiger partial charge on any atom is -0.497 e. The molecule has 6 nitrogen and oxygen atoms in total. The van der Waals surface area contributed by atoms with Crippen molar-refractivity contribution < 1.29 is 13.9 Å². The number of carbonyl (C=O) groups excluding carboxylic acids is 1. The van der Waals surface area contributed by atoms with Crippen LogP contribution in [0.15, 0.2) is 54.9 Å². The van der Waals surface area contributed by atoms with Crippen molar-refractivity contribution in [3.05, 3.63) is 77.4 Å². The predicted octanol–water partition coefficient (Wildman–Crippen LogP) is 4.49. The topological polar surface area (TPSA) is 69.0 Å². The molecule has 7 heteroatoms. The molecule has 0 aliphatic carbocycles. The Balaban J connectivity index is 1.73. The minimum atomic E-state index is -0.391. The van der Waals surface area contributed by atoms with Gasteiger partial charge in [-0.3, -0.25) is 4.79 Å². The van der Waals surface area contributed by atoms with Gasteiger partial charge in [-0.2, -0.15) is 5.10 Å². The van der Waals surface area contributed by atoms with Gasteiger partial charge in [0.25, 0.3) is 0 Å². The summed E-state index contributed by atoms with van der Waals surface area (Å²) in [6.45, 7) is 2.32. The van der Waals surface area contributed by atoms with E-state index in [2.05, 4.69) is 15.4 Å². The number of halogens is 1. The fourth-order valence-corrected chi connectivity index (χ4v) is 3.15. The quantitative estimate of drug-likeness (QED) is 0.491. The van der Waals surface area contributed by atoms with Gasteiger partial charge in [-0.05, 0) is 42.3 Å². The predicted molar refractivity (Wildman–Crippen MR) is 109 cm³/mol. The molecular formula is C22H19FN4O2. The smallest absolute Gasteiger partial charge is 0.160 e. The van der Waals surface area contributed by atoms with Crippen LogP contribution in [-0.2, 0) is 6.54 Å². The Morgan fingerprint density at radius 2 is 1.97 bits per heavy atom. The number of aryl methyl sites for hydroxylation is 1. The van der Waals surface area contributed by atoms with Crippen molar-refractivity contribution >= 4 is 28.7 Å². The summed E-state index contributed by atoms with van der Waals surface area (Å²) < 4.78 is 21.3. The second-order valence-electron chi connectivity index (χ2n) is 6.70. The molecule has 0 bridgehead atoms. The third-order valence-corrected chi connectivity index (χ3v) is 4.70. The summed E-state index contributed by atoms with van der Waals surface area (Å²) in [5.41, 5.74) is 3.54. The summed E-state index contributed by atoms with van der Waals surface area (Å²) in [7, 11) is 1.62. The molecule has 0 saturated heterocycles. The third kappa shape index (κ3) is 3.67. The Morgan fingerprint density at radius 3 is 2.66 bits per heavy atom. The van der Waals surface area contributed by atoms with Gasteiger partial charge >= 0.3 is 0 Å². The third-order valence-electron chi connectivity index (χ3n) is 4.70. The van der Waals surface area contributed by atoms with Gasteiger partial charge in [0.1, 0.15) is 11.6 Å². The largest absolute Gasteiger partial charge is 0.497 e. The van der Waals surface area contributed by atoms with Crippen LogP contribution < -0.4 is 10.1 Å². The van der Waals surface area contributed by atoms with Crippen molar-refractivity contribution in [2.24, 2.45) is 0 Å². The highest BCUT2D eigenvalue weighted by atomic mass is 19.1. The molecule has 2 aromatic heterocycles. The highest BCUT2D eigenvalue weighted by molar-refractivity contribution is 6.00. The van der Waals surface area contributed by atoms with Crippen LogP contribution in [0.25, 0.3) is 11.0 Å². The zero-order valence-electron chi connectivity index (χ0n) is 16.0. The van der Waals surface area contributed by atoms with E-state index in [9.17, 15) is 9.18 Å². The average Bonchev–Trinajstić information content (AvgIpc) is 3.14. The van der Waals surface area contributed by atoms with Gasteiger partial charge in [-0.15, -0.1) is 0 Å². The lowest BCUT2D eigenvalue weighted by Crippen LogP contribution is -2.04. The molecule has 0 aliphatic heterocycles. The first kappa shape index (κ1) is 18.6. The summed E-state index contributed by atoms with van der Waals surface area (Å²) >= 11 is 0. The molecule has 0 spiro atoms. The lowest BCUT2D eigenvalue weighted by atomic mass is 10.1. The molecule has 0 aliphatic rings. The van der Waals surface area contributed by atoms with Crippen LogP contribution in [0.3, 0.4) is 0 Å². The maximum atomic E-state index is 14.3. The van der Waals surface area contributed by atoms with E-state index in [0.717, 1.165) is 16.9 Å². The number of benzene rings is 2. The molecule has 2 heterocycles. The zero-order chi connectivity index (χ0) is 20.4. The van der Waals surface area contributed by atoms with Crippen LogP contribution in [0, 0.1) is 12.7 Å². The van der Waals surface area contributed by atoms with Crippen molar-refractivity contribution in [3.8, 4) is 5.75 Å². The van der Waals surface area contributed by atoms with Crippen LogP contribution in [0.2, 0.25) is 0 Å². The lowest BCUT2D eigenvalue weighted by Gasteiger charge is -2.12. The Hall–Kier alpha value is -3.74. The monoisotopic (exact) mass is 390 g/mol. The van der Waals surface area contributed by atoms with Gasteiger partial charge in [0.05, 0.1) is 42.2 Å². The number of carbonyl (C=O) groups is 1. The van der Waals surface area contributed by atoms with Crippen LogP contribution in [0.4, 0.5) is 15.8 Å². The normalized spacial score (nSPS) is 10.9. The standard InChI is InChI=1S/C22H19FN4O2/c1-14-3-8-20(19(23)9-14)26-21-16(13-28)10-24-22-18(21)11-25-27(22)12-15-4-6-17(29-2)7-5-15/h3-11,13H,12H2,1-2H3,(H,24,26). The number of aldehydes is 1. The first-order chi connectivity index (χ1) is 14.1. The highest BCUT2D eigenvalue weighted by Gasteiger charge is 2.15. The van der Waals surface area contributed by atoms with Gasteiger partial charge in [0.15, 0.2) is 11.9 Å². The van der Waals surface area contributed by atoms with E-state index in [0.29, 0.717) is 35.1 Å². The number of nitrogens with zero attached hydrogens (tertiary/aromatic N) is 3. The van der Waals surface area contributed by atoms with Gasteiger partial charge < -0.3 is 10.1 Å². The summed E-state index contributed by atoms with van der Waals surface area (Å²) in [4.78, 5) is 15.9. The lowest BCUT2D eigenvalue weighted by molar-refractivity contribution is 0.112. The van der Waals surface area contributed by atoms with E-state index in [-0.39, 0.29) is 5.69 Å². The molecule has 146 valence electrons. The Morgan fingerprint density at radius 1 is 1.17 bits per heavy atom. The maximum Gasteiger partial charge on any atom is 0.160 e. The number of aromatic nitrogens is 3. The number of nitrogens with one attached hydrogen (secondary N) is 1. The summed E-state index contributed by atoms with van der Waals surface area (Å²) in [6, 6.07) is 12.6. The van der Waals surface area contributed by atoms with Gasteiger partial charge in [-0.1, -0.05) is 18.2 Å². The van der Waals surface area contributed by atoms with Crippen molar-refractivity contribution in [3.63, 3.8) is 0 Å². The Labute approximate surface area is 167 Å². The van der Waals surface area contributed by atoms with Crippen molar-refractivity contribution in [1.82, 2.24) is 14.8 Å². The molecule has 0 radical (unpaired) electrons. The Kier molecular flexibility index (Phi) is 4.95. The number of ether oxygens (including phenoxy) is 1. The molecule has 0 saturated carbocycles. The molecule has 2 aromatic carbocycles. The second-order valence-corrected chi connectivity index (χ2v) is 6.70. The minimum absolute atomic E-state index is 0.286. The van der Waals surface area contributed by atoms with E-state index in [4.69, 9.17) is 4.74 Å². The van der Waals surface area contributed by atoms with Crippen molar-refractivity contribution in [2.75, 3.05) is 12.4 Å². The molecule has 0 fully saturated rings. The van der Waals surface area contributed by atoms with Gasteiger partial charge in [0.2, 0.25) is 0 Å². The van der Waals surface area contributed by atoms with E-state index >= 15 is 0 Å². The van der Waals surface area contributed by atoms with Crippen molar-refractivity contribution in [1.29, 1.82) is 0 Å². The number of pyridine rings is 1. The van der Waals surface area contributed by atoms with Crippen LogP contribution in [0.5, 0.6) is 5.75 Å². The number of fused-ring (bicyclic) bond motifs is 1. The Bertz CT molecular complexity index is 1190. The fourth-order valence-electron chi connectivity index (χ4n) is 3.15. The number of rotatable bonds is 6. The van der Waals surface area contributed by atoms with Crippen molar-refractivity contribution in [2.45, 2.75) is 13.5 Å². The SMILES string of the molecule is COc1ccc(Cn2ncc3c(Nc4ccc(C)cc4F)c(C=O)cnc32)cc1. The van der Waals surface area contributed by atoms with E-state index in [1.54, 1.807) is 30.1 Å². The van der Waals surface area contributed by atoms with Crippen LogP contribution in [-0.4, -0.2) is 28.2 Å². The summed E-state index contributed by atoms with van der Waals surface area (Å²) in [6.07, 6.45) is 3.80. The number of anilines is 2. The summed E-state index contributed by atoms with van der Waals surface area (Å²) in [5, 5.41) is 8.10. The molecule has 4 aromatic rings. The van der Waals surface area contributed by atoms with E-state index < -0.39 is 5.82 Å². The molecule has 4 rings (SSSR count). The number of methoxy groups -OCH3 is 1. The highest BCUT2D eigenvalue weighted by Crippen LogP contribution is 2.30. The van der Waals surface area contributed by atoms with Crippen LogP contribution >= 0.6 is 0 Å². The maximum absolute atomic E-state index is 14.3. The number of hydrogen-bond donors (Lipinski definition) is 1. The molecule has 0 atom stereocenters. The second kappa shape index (κ2) is 7.71. The average molecular weight is 390 g/mol. The molecule has 0 amide bonds. The first-order valence-electron chi connectivity index (χ1n) is 9.05. The van der Waals surface area contributed by atoms with Gasteiger partial charge in [-0.25, -0.2) is 14.1 Å². The van der Waals surface area contributed by atoms with E-state index in [1.165, 1.54) is 12.3 Å². The molecule has 29 heavy (non-hydrogen) atoms.